The van der Waals surface area contributed by atoms with Crippen LogP contribution >= 0.6 is 0 Å². The van der Waals surface area contributed by atoms with Gasteiger partial charge in [0, 0.05) is 35.6 Å². The molecule has 27 heavy (non-hydrogen) atoms. The van der Waals surface area contributed by atoms with Crippen LogP contribution in [-0.4, -0.2) is 35.2 Å². The Hall–Kier alpha value is -3.48. The van der Waals surface area contributed by atoms with Crippen LogP contribution in [0.4, 0.5) is 4.79 Å². The number of nitrogens with one attached hydrogen (secondary N) is 3. The minimum atomic E-state index is -1.09. The molecule has 0 fully saturated rings. The van der Waals surface area contributed by atoms with Gasteiger partial charge in [-0.05, 0) is 17.7 Å². The van der Waals surface area contributed by atoms with Crippen molar-refractivity contribution >= 4 is 22.9 Å². The summed E-state index contributed by atoms with van der Waals surface area (Å²) in [5.41, 5.74) is 2.57. The average molecular weight is 367 g/mol. The zero-order valence-corrected chi connectivity index (χ0v) is 14.9. The fourth-order valence-corrected chi connectivity index (χ4v) is 2.95. The maximum Gasteiger partial charge on any atom is 0.326 e. The van der Waals surface area contributed by atoms with E-state index in [4.69, 9.17) is 4.74 Å². The number of carboxylic acid groups (broad SMARTS) is 1. The van der Waals surface area contributed by atoms with Crippen LogP contribution in [0, 0.1) is 0 Å². The van der Waals surface area contributed by atoms with Gasteiger partial charge in [0.2, 0.25) is 0 Å². The molecule has 0 aliphatic carbocycles. The highest BCUT2D eigenvalue weighted by molar-refractivity contribution is 5.86. The second-order valence-electron chi connectivity index (χ2n) is 6.09. The van der Waals surface area contributed by atoms with E-state index >= 15 is 0 Å². The van der Waals surface area contributed by atoms with Crippen LogP contribution in [0.15, 0.2) is 54.7 Å². The number of ether oxygens (including phenoxy) is 1. The summed E-state index contributed by atoms with van der Waals surface area (Å²) in [6.07, 6.45) is 1.95. The normalized spacial score (nSPS) is 11.7. The molecular formula is C20H21N3O4. The first-order chi connectivity index (χ1) is 13.1. The van der Waals surface area contributed by atoms with E-state index in [1.54, 1.807) is 19.4 Å². The second-order valence-corrected chi connectivity index (χ2v) is 6.09. The molecular weight excluding hydrogens is 346 g/mol. The van der Waals surface area contributed by atoms with Crippen LogP contribution in [0.25, 0.3) is 10.9 Å². The van der Waals surface area contributed by atoms with Crippen molar-refractivity contribution in [3.05, 3.63) is 65.9 Å². The molecule has 0 radical (unpaired) electrons. The minimum Gasteiger partial charge on any atom is -0.496 e. The molecule has 7 heteroatoms. The van der Waals surface area contributed by atoms with Crippen molar-refractivity contribution in [1.82, 2.24) is 15.6 Å². The first-order valence-corrected chi connectivity index (χ1v) is 8.52. The van der Waals surface area contributed by atoms with Gasteiger partial charge >= 0.3 is 12.0 Å². The highest BCUT2D eigenvalue weighted by Crippen LogP contribution is 2.19. The number of amides is 2. The summed E-state index contributed by atoms with van der Waals surface area (Å²) in [7, 11) is 1.56. The Morgan fingerprint density at radius 3 is 2.63 bits per heavy atom. The number of fused-ring (bicyclic) bond motifs is 1. The van der Waals surface area contributed by atoms with E-state index in [1.165, 1.54) is 0 Å². The fraction of sp³-hybridized carbons (Fsp3) is 0.200. The van der Waals surface area contributed by atoms with Gasteiger partial charge in [0.25, 0.3) is 0 Å². The monoisotopic (exact) mass is 367 g/mol. The predicted molar refractivity (Wildman–Crippen MR) is 102 cm³/mol. The fourth-order valence-electron chi connectivity index (χ4n) is 2.95. The van der Waals surface area contributed by atoms with Gasteiger partial charge in [0.1, 0.15) is 11.8 Å². The van der Waals surface area contributed by atoms with Crippen molar-refractivity contribution in [2.24, 2.45) is 0 Å². The summed E-state index contributed by atoms with van der Waals surface area (Å²) in [6, 6.07) is 13.4. The number of benzene rings is 2. The highest BCUT2D eigenvalue weighted by atomic mass is 16.5. The molecule has 1 heterocycles. The Morgan fingerprint density at radius 1 is 1.11 bits per heavy atom. The molecule has 0 aliphatic rings. The van der Waals surface area contributed by atoms with Crippen LogP contribution in [0.1, 0.15) is 11.1 Å². The van der Waals surface area contributed by atoms with Gasteiger partial charge in [0.15, 0.2) is 0 Å². The molecule has 0 saturated carbocycles. The number of aliphatic carboxylic acids is 1. The van der Waals surface area contributed by atoms with Crippen molar-refractivity contribution in [2.45, 2.75) is 19.0 Å². The number of H-pyrrole nitrogens is 1. The molecule has 4 N–H and O–H groups in total. The summed E-state index contributed by atoms with van der Waals surface area (Å²) in [4.78, 5) is 26.9. The van der Waals surface area contributed by atoms with Crippen molar-refractivity contribution in [3.63, 3.8) is 0 Å². The van der Waals surface area contributed by atoms with Crippen LogP contribution in [0.2, 0.25) is 0 Å². The maximum absolute atomic E-state index is 12.2. The second kappa shape index (κ2) is 8.27. The van der Waals surface area contributed by atoms with Crippen LogP contribution in [-0.2, 0) is 17.8 Å². The van der Waals surface area contributed by atoms with Gasteiger partial charge in [-0.3, -0.25) is 0 Å². The molecule has 3 rings (SSSR count). The number of carboxylic acids is 1. The molecule has 140 valence electrons. The molecule has 7 nitrogen and oxygen atoms in total. The number of methoxy groups -OCH3 is 1. The average Bonchev–Trinajstić information content (AvgIpc) is 3.09. The van der Waals surface area contributed by atoms with Gasteiger partial charge in [-0.2, -0.15) is 0 Å². The number of hydrogen-bond acceptors (Lipinski definition) is 3. The lowest BCUT2D eigenvalue weighted by atomic mass is 10.1. The summed E-state index contributed by atoms with van der Waals surface area (Å²) >= 11 is 0. The van der Waals surface area contributed by atoms with Gasteiger partial charge in [-0.15, -0.1) is 0 Å². The van der Waals surface area contributed by atoms with Gasteiger partial charge in [-0.25, -0.2) is 9.59 Å². The third-order valence-electron chi connectivity index (χ3n) is 4.33. The Balaban J connectivity index is 1.64. The van der Waals surface area contributed by atoms with E-state index in [0.717, 1.165) is 22.0 Å². The standard InChI is InChI=1S/C20H21N3O4/c1-27-18-9-5-2-6-13(18)11-22-20(26)23-17(19(24)25)10-14-12-21-16-8-4-3-7-15(14)16/h2-9,12,17,21H,10-11H2,1H3,(H,24,25)(H2,22,23,26)/t17-/m1/s1. The Kier molecular flexibility index (Phi) is 5.61. The number of para-hydroxylation sites is 2. The van der Waals surface area contributed by atoms with E-state index in [9.17, 15) is 14.7 Å². The summed E-state index contributed by atoms with van der Waals surface area (Å²) < 4.78 is 5.24. The number of carbonyl (C=O) groups is 2. The SMILES string of the molecule is COc1ccccc1CNC(=O)N[C@H](Cc1c[nH]c2ccccc12)C(=O)O. The smallest absolute Gasteiger partial charge is 0.326 e. The summed E-state index contributed by atoms with van der Waals surface area (Å²) in [5.74, 6) is -0.431. The third-order valence-corrected chi connectivity index (χ3v) is 4.33. The maximum atomic E-state index is 12.2. The molecule has 2 aromatic carbocycles. The number of aromatic nitrogens is 1. The van der Waals surface area contributed by atoms with E-state index in [1.807, 2.05) is 42.5 Å². The molecule has 0 spiro atoms. The topological polar surface area (TPSA) is 103 Å². The Labute approximate surface area is 156 Å². The van der Waals surface area contributed by atoms with E-state index in [0.29, 0.717) is 5.75 Å². The van der Waals surface area contributed by atoms with Crippen LogP contribution in [0.3, 0.4) is 0 Å². The number of rotatable bonds is 7. The van der Waals surface area contributed by atoms with Crippen molar-refractivity contribution in [3.8, 4) is 5.75 Å². The van der Waals surface area contributed by atoms with Crippen molar-refractivity contribution in [2.75, 3.05) is 7.11 Å². The van der Waals surface area contributed by atoms with Crippen molar-refractivity contribution < 1.29 is 19.4 Å². The van der Waals surface area contributed by atoms with Gasteiger partial charge in [-0.1, -0.05) is 36.4 Å². The largest absolute Gasteiger partial charge is 0.496 e. The van der Waals surface area contributed by atoms with Crippen molar-refractivity contribution in [1.29, 1.82) is 0 Å². The zero-order valence-electron chi connectivity index (χ0n) is 14.9. The van der Waals surface area contributed by atoms with Crippen LogP contribution < -0.4 is 15.4 Å². The molecule has 1 aromatic heterocycles. The first kappa shape index (κ1) is 18.3. The van der Waals surface area contributed by atoms with Gasteiger partial charge < -0.3 is 25.5 Å². The summed E-state index contributed by atoms with van der Waals surface area (Å²) in [6.45, 7) is 0.231. The molecule has 0 saturated heterocycles. The lowest BCUT2D eigenvalue weighted by Crippen LogP contribution is -2.46. The lowest BCUT2D eigenvalue weighted by molar-refractivity contribution is -0.139. The van der Waals surface area contributed by atoms with Gasteiger partial charge in [0.05, 0.1) is 7.11 Å². The summed E-state index contributed by atoms with van der Waals surface area (Å²) in [5, 5.41) is 15.6. The molecule has 1 atom stereocenters. The lowest BCUT2D eigenvalue weighted by Gasteiger charge is -2.15. The van der Waals surface area contributed by atoms with E-state index in [2.05, 4.69) is 15.6 Å². The highest BCUT2D eigenvalue weighted by Gasteiger charge is 2.22. The minimum absolute atomic E-state index is 0.182. The molecule has 3 aromatic rings. The molecule has 0 aliphatic heterocycles. The molecule has 0 unspecified atom stereocenters. The first-order valence-electron chi connectivity index (χ1n) is 8.52. The quantitative estimate of drug-likeness (QED) is 0.515. The number of hydrogen-bond donors (Lipinski definition) is 4. The predicted octanol–water partition coefficient (Wildman–Crippen LogP) is 2.67. The van der Waals surface area contributed by atoms with E-state index in [-0.39, 0.29) is 13.0 Å². The molecule has 2 amide bonds. The van der Waals surface area contributed by atoms with Crippen LogP contribution in [0.5, 0.6) is 5.75 Å². The number of aromatic amines is 1. The number of urea groups is 1. The molecule has 0 bridgehead atoms. The van der Waals surface area contributed by atoms with E-state index < -0.39 is 18.0 Å². The third kappa shape index (κ3) is 4.38. The number of carbonyl (C=O) groups excluding carboxylic acids is 1. The Bertz CT molecular complexity index is 951. The Morgan fingerprint density at radius 2 is 1.85 bits per heavy atom. The zero-order chi connectivity index (χ0) is 19.2.